The summed E-state index contributed by atoms with van der Waals surface area (Å²) < 4.78 is 20.6. The minimum atomic E-state index is -0.648. The number of imide groups is 1. The Labute approximate surface area is 157 Å². The molecule has 0 aromatic heterocycles. The van der Waals surface area contributed by atoms with E-state index in [1.807, 2.05) is 0 Å². The maximum Gasteiger partial charge on any atom is 0.266 e. The Balaban J connectivity index is 1.60. The molecule has 0 bridgehead atoms. The monoisotopic (exact) mass is 368 g/mol. The molecule has 0 spiro atoms. The van der Waals surface area contributed by atoms with Crippen molar-refractivity contribution in [1.82, 2.24) is 4.90 Å². The summed E-state index contributed by atoms with van der Waals surface area (Å²) in [5.74, 6) is -1.09. The fourth-order valence-electron chi connectivity index (χ4n) is 3.66. The summed E-state index contributed by atoms with van der Waals surface area (Å²) in [6.07, 6.45) is 2.02. The lowest BCUT2D eigenvalue weighted by molar-refractivity contribution is 0.0922. The Kier molecular flexibility index (Phi) is 4.66. The normalized spacial score (nSPS) is 18.1. The molecule has 4 rings (SSSR count). The van der Waals surface area contributed by atoms with E-state index < -0.39 is 17.6 Å². The highest BCUT2D eigenvalue weighted by molar-refractivity contribution is 6.34. The van der Waals surface area contributed by atoms with Gasteiger partial charge in [-0.1, -0.05) is 18.2 Å². The number of benzene rings is 2. The van der Waals surface area contributed by atoms with Gasteiger partial charge < -0.3 is 9.64 Å². The Bertz CT molecular complexity index is 856. The van der Waals surface area contributed by atoms with Crippen LogP contribution >= 0.6 is 0 Å². The Morgan fingerprint density at radius 1 is 1.00 bits per heavy atom. The minimum Gasteiger partial charge on any atom is -0.491 e. The maximum absolute atomic E-state index is 14.7. The zero-order valence-corrected chi connectivity index (χ0v) is 15.2. The van der Waals surface area contributed by atoms with Crippen LogP contribution in [0.2, 0.25) is 0 Å². The number of ether oxygens (including phenoxy) is 1. The second-order valence-electron chi connectivity index (χ2n) is 7.14. The molecular weight excluding hydrogens is 347 g/mol. The number of nitrogens with zero attached hydrogens (tertiary/aromatic N) is 2. The molecule has 0 unspecified atom stereocenters. The molecule has 2 amide bonds. The highest BCUT2D eigenvalue weighted by Gasteiger charge is 2.39. The Hall–Kier alpha value is -2.73. The van der Waals surface area contributed by atoms with Gasteiger partial charge in [0.25, 0.3) is 11.8 Å². The van der Waals surface area contributed by atoms with Gasteiger partial charge in [-0.3, -0.25) is 9.59 Å². The van der Waals surface area contributed by atoms with Crippen LogP contribution in [0.4, 0.5) is 10.1 Å². The molecule has 0 atom stereocenters. The number of hydrogen-bond acceptors (Lipinski definition) is 4. The zero-order valence-electron chi connectivity index (χ0n) is 15.2. The maximum atomic E-state index is 14.7. The molecule has 140 valence electrons. The van der Waals surface area contributed by atoms with Crippen molar-refractivity contribution in [3.63, 3.8) is 0 Å². The van der Waals surface area contributed by atoms with E-state index in [9.17, 15) is 14.0 Å². The number of carbonyl (C=O) groups excluding carboxylic acids is 2. The molecule has 2 aliphatic heterocycles. The van der Waals surface area contributed by atoms with Crippen LogP contribution in [0.25, 0.3) is 0 Å². The second kappa shape index (κ2) is 7.12. The number of amides is 2. The summed E-state index contributed by atoms with van der Waals surface area (Å²) in [6, 6.07) is 10.9. The summed E-state index contributed by atoms with van der Waals surface area (Å²) in [5.41, 5.74) is 0.468. The number of likely N-dealkylation sites (tertiary alicyclic amines) is 1. The van der Waals surface area contributed by atoms with Crippen LogP contribution in [-0.2, 0) is 0 Å². The fraction of sp³-hybridized carbons (Fsp3) is 0.333. The molecule has 0 radical (unpaired) electrons. The third-order valence-electron chi connectivity index (χ3n) is 5.28. The molecule has 2 aromatic rings. The van der Waals surface area contributed by atoms with E-state index in [1.54, 1.807) is 30.3 Å². The number of carbonyl (C=O) groups is 2. The van der Waals surface area contributed by atoms with Crippen LogP contribution in [0.3, 0.4) is 0 Å². The third-order valence-corrected chi connectivity index (χ3v) is 5.28. The van der Waals surface area contributed by atoms with E-state index in [0.717, 1.165) is 30.8 Å². The van der Waals surface area contributed by atoms with Crippen LogP contribution in [-0.4, -0.2) is 43.5 Å². The summed E-state index contributed by atoms with van der Waals surface area (Å²) in [5, 5.41) is 0. The summed E-state index contributed by atoms with van der Waals surface area (Å²) in [4.78, 5) is 28.6. The molecule has 27 heavy (non-hydrogen) atoms. The van der Waals surface area contributed by atoms with Crippen LogP contribution in [0.15, 0.2) is 42.5 Å². The molecule has 0 N–H and O–H groups in total. The van der Waals surface area contributed by atoms with E-state index in [1.165, 1.54) is 12.1 Å². The van der Waals surface area contributed by atoms with Gasteiger partial charge in [0.1, 0.15) is 11.4 Å². The van der Waals surface area contributed by atoms with Gasteiger partial charge in [-0.15, -0.1) is 0 Å². The van der Waals surface area contributed by atoms with Gasteiger partial charge in [-0.2, -0.15) is 0 Å². The molecule has 1 saturated heterocycles. The highest BCUT2D eigenvalue weighted by Crippen LogP contribution is 2.37. The largest absolute Gasteiger partial charge is 0.491 e. The topological polar surface area (TPSA) is 49.9 Å². The first-order valence-electron chi connectivity index (χ1n) is 9.14. The van der Waals surface area contributed by atoms with Crippen LogP contribution in [0.5, 0.6) is 5.75 Å². The number of halogens is 1. The van der Waals surface area contributed by atoms with Crippen LogP contribution < -0.4 is 9.64 Å². The van der Waals surface area contributed by atoms with Gasteiger partial charge >= 0.3 is 0 Å². The highest BCUT2D eigenvalue weighted by atomic mass is 19.1. The van der Waals surface area contributed by atoms with Crippen LogP contribution in [0.1, 0.15) is 33.6 Å². The number of anilines is 1. The van der Waals surface area contributed by atoms with Crippen molar-refractivity contribution in [1.29, 1.82) is 0 Å². The lowest BCUT2D eigenvalue weighted by Gasteiger charge is -2.29. The van der Waals surface area contributed by atoms with Crippen molar-refractivity contribution in [3.8, 4) is 5.75 Å². The van der Waals surface area contributed by atoms with Crippen molar-refractivity contribution >= 4 is 17.5 Å². The van der Waals surface area contributed by atoms with Crippen molar-refractivity contribution in [2.45, 2.75) is 12.8 Å². The minimum absolute atomic E-state index is 0.100. The van der Waals surface area contributed by atoms with Crippen LogP contribution in [0, 0.1) is 11.7 Å². The zero-order chi connectivity index (χ0) is 19.0. The molecule has 6 heteroatoms. The first kappa shape index (κ1) is 17.7. The number of piperidine rings is 1. The number of hydrogen-bond donors (Lipinski definition) is 0. The molecule has 5 nitrogen and oxygen atoms in total. The summed E-state index contributed by atoms with van der Waals surface area (Å²) in [6.45, 7) is 2.44. The SMILES string of the molecule is CN1CCC(COc2cccc(F)c2N2C(=O)c3ccccc3C2=O)CC1. The second-order valence-corrected chi connectivity index (χ2v) is 7.14. The van der Waals surface area contributed by atoms with E-state index in [2.05, 4.69) is 11.9 Å². The standard InChI is InChI=1S/C21H21FN2O3/c1-23-11-9-14(10-12-23)13-27-18-8-4-7-17(22)19(18)24-20(25)15-5-2-3-6-16(15)21(24)26/h2-8,14H,9-13H2,1H3. The lowest BCUT2D eigenvalue weighted by atomic mass is 9.98. The van der Waals surface area contributed by atoms with Gasteiger partial charge in [-0.25, -0.2) is 9.29 Å². The molecular formula is C21H21FN2O3. The number of fused-ring (bicyclic) bond motifs is 1. The smallest absolute Gasteiger partial charge is 0.266 e. The average Bonchev–Trinajstić information content (AvgIpc) is 2.93. The molecule has 0 saturated carbocycles. The fourth-order valence-corrected chi connectivity index (χ4v) is 3.66. The van der Waals surface area contributed by atoms with Crippen molar-refractivity contribution in [2.75, 3.05) is 31.6 Å². The van der Waals surface area contributed by atoms with Gasteiger partial charge in [0.2, 0.25) is 0 Å². The van der Waals surface area contributed by atoms with Gasteiger partial charge in [0, 0.05) is 0 Å². The Morgan fingerprint density at radius 3 is 2.26 bits per heavy atom. The number of para-hydroxylation sites is 1. The lowest BCUT2D eigenvalue weighted by Crippen LogP contribution is -2.33. The first-order chi connectivity index (χ1) is 13.1. The molecule has 0 aliphatic carbocycles. The summed E-state index contributed by atoms with van der Waals surface area (Å²) in [7, 11) is 2.09. The molecule has 2 aliphatic rings. The Morgan fingerprint density at radius 2 is 1.63 bits per heavy atom. The third kappa shape index (κ3) is 3.21. The van der Waals surface area contributed by atoms with E-state index in [4.69, 9.17) is 4.74 Å². The van der Waals surface area contributed by atoms with E-state index in [-0.39, 0.29) is 22.6 Å². The quantitative estimate of drug-likeness (QED) is 0.777. The first-order valence-corrected chi connectivity index (χ1v) is 9.14. The van der Waals surface area contributed by atoms with E-state index in [0.29, 0.717) is 12.5 Å². The van der Waals surface area contributed by atoms with Crippen molar-refractivity contribution < 1.29 is 18.7 Å². The molecule has 1 fully saturated rings. The van der Waals surface area contributed by atoms with Gasteiger partial charge in [0.05, 0.1) is 17.7 Å². The van der Waals surface area contributed by atoms with Crippen molar-refractivity contribution in [3.05, 3.63) is 59.4 Å². The summed E-state index contributed by atoms with van der Waals surface area (Å²) >= 11 is 0. The molecule has 2 heterocycles. The van der Waals surface area contributed by atoms with E-state index >= 15 is 0 Å². The predicted octanol–water partition coefficient (Wildman–Crippen LogP) is 3.35. The predicted molar refractivity (Wildman–Crippen MR) is 99.7 cm³/mol. The van der Waals surface area contributed by atoms with Gasteiger partial charge in [0.15, 0.2) is 5.82 Å². The van der Waals surface area contributed by atoms with Crippen molar-refractivity contribution in [2.24, 2.45) is 5.92 Å². The average molecular weight is 368 g/mol. The molecule has 2 aromatic carbocycles. The number of rotatable bonds is 4. The van der Waals surface area contributed by atoms with Gasteiger partial charge in [-0.05, 0) is 63.2 Å².